The smallest absolute Gasteiger partial charge is 0.0947 e. The summed E-state index contributed by atoms with van der Waals surface area (Å²) in [5.74, 6) is 5.70. The van der Waals surface area contributed by atoms with Gasteiger partial charge in [0.25, 0.3) is 0 Å². The summed E-state index contributed by atoms with van der Waals surface area (Å²) in [5, 5.41) is 7.59. The molecule has 0 saturated heterocycles. The minimum Gasteiger partial charge on any atom is -0.272 e. The molecule has 0 amide bonds. The fourth-order valence-corrected chi connectivity index (χ4v) is 3.03. The lowest BCUT2D eigenvalue weighted by atomic mass is 10.0. The van der Waals surface area contributed by atoms with Crippen LogP contribution >= 0.6 is 11.3 Å². The maximum absolute atomic E-state index is 5.70. The van der Waals surface area contributed by atoms with Crippen LogP contribution in [0.2, 0.25) is 0 Å². The Morgan fingerprint density at radius 1 is 1.44 bits per heavy atom. The Morgan fingerprint density at radius 2 is 2.17 bits per heavy atom. The SMILES string of the molecule is Cc1csc(CC(NN)c2c(C)nn(C)c2C)n1. The standard InChI is InChI=1S/C12H19N5S/c1-7-6-18-11(14-7)5-10(15-13)12-8(2)16-17(4)9(12)3/h6,10,15H,5,13H2,1-4H3. The number of nitrogens with one attached hydrogen (secondary N) is 1. The number of nitrogens with two attached hydrogens (primary N) is 1. The molecule has 2 rings (SSSR count). The predicted molar refractivity (Wildman–Crippen MR) is 73.3 cm³/mol. The minimum absolute atomic E-state index is 0.0595. The lowest BCUT2D eigenvalue weighted by Gasteiger charge is -2.15. The third-order valence-corrected chi connectivity index (χ3v) is 4.15. The highest BCUT2D eigenvalue weighted by molar-refractivity contribution is 7.09. The van der Waals surface area contributed by atoms with E-state index in [2.05, 4.69) is 27.8 Å². The fourth-order valence-electron chi connectivity index (χ4n) is 2.21. The minimum atomic E-state index is 0.0595. The van der Waals surface area contributed by atoms with Crippen LogP contribution in [0.15, 0.2) is 5.38 Å². The highest BCUT2D eigenvalue weighted by Crippen LogP contribution is 2.25. The Hall–Kier alpha value is -1.24. The zero-order valence-electron chi connectivity index (χ0n) is 11.2. The average molecular weight is 265 g/mol. The Labute approximate surface area is 111 Å². The number of nitrogens with zero attached hydrogens (tertiary/aromatic N) is 3. The summed E-state index contributed by atoms with van der Waals surface area (Å²) < 4.78 is 1.89. The molecular weight excluding hydrogens is 246 g/mol. The van der Waals surface area contributed by atoms with Gasteiger partial charge in [-0.15, -0.1) is 11.3 Å². The molecule has 2 aromatic heterocycles. The number of thiazole rings is 1. The van der Waals surface area contributed by atoms with Gasteiger partial charge in [0, 0.05) is 35.8 Å². The highest BCUT2D eigenvalue weighted by atomic mass is 32.1. The van der Waals surface area contributed by atoms with Crippen molar-refractivity contribution in [3.05, 3.63) is 33.0 Å². The number of hydrazine groups is 1. The van der Waals surface area contributed by atoms with Crippen molar-refractivity contribution in [2.75, 3.05) is 0 Å². The second-order valence-corrected chi connectivity index (χ2v) is 5.46. The van der Waals surface area contributed by atoms with Crippen LogP contribution in [0.4, 0.5) is 0 Å². The van der Waals surface area contributed by atoms with E-state index in [4.69, 9.17) is 5.84 Å². The second-order valence-electron chi connectivity index (χ2n) is 4.51. The van der Waals surface area contributed by atoms with Gasteiger partial charge in [0.05, 0.1) is 16.7 Å². The van der Waals surface area contributed by atoms with Crippen LogP contribution in [0, 0.1) is 20.8 Å². The molecule has 3 N–H and O–H groups in total. The zero-order valence-corrected chi connectivity index (χ0v) is 12.0. The Kier molecular flexibility index (Phi) is 3.79. The Balaban J connectivity index is 2.28. The number of hydrogen-bond acceptors (Lipinski definition) is 5. The van der Waals surface area contributed by atoms with Gasteiger partial charge in [0.15, 0.2) is 0 Å². The maximum atomic E-state index is 5.70. The third-order valence-electron chi connectivity index (χ3n) is 3.16. The summed E-state index contributed by atoms with van der Waals surface area (Å²) in [4.78, 5) is 4.49. The van der Waals surface area contributed by atoms with Crippen LogP contribution < -0.4 is 11.3 Å². The monoisotopic (exact) mass is 265 g/mol. The highest BCUT2D eigenvalue weighted by Gasteiger charge is 2.20. The van der Waals surface area contributed by atoms with E-state index in [1.807, 2.05) is 25.6 Å². The summed E-state index contributed by atoms with van der Waals surface area (Å²) in [6.07, 6.45) is 0.794. The molecule has 1 unspecified atom stereocenters. The number of aromatic nitrogens is 3. The van der Waals surface area contributed by atoms with Crippen molar-refractivity contribution in [1.29, 1.82) is 0 Å². The molecule has 0 saturated carbocycles. The van der Waals surface area contributed by atoms with Gasteiger partial charge in [0.2, 0.25) is 0 Å². The molecule has 2 aromatic rings. The number of aryl methyl sites for hydroxylation is 3. The summed E-state index contributed by atoms with van der Waals surface area (Å²) in [6, 6.07) is 0.0595. The lowest BCUT2D eigenvalue weighted by molar-refractivity contribution is 0.544. The molecule has 0 spiro atoms. The predicted octanol–water partition coefficient (Wildman–Crippen LogP) is 1.55. The summed E-state index contributed by atoms with van der Waals surface area (Å²) >= 11 is 1.67. The van der Waals surface area contributed by atoms with Crippen molar-refractivity contribution < 1.29 is 0 Å². The van der Waals surface area contributed by atoms with Gasteiger partial charge >= 0.3 is 0 Å². The summed E-state index contributed by atoms with van der Waals surface area (Å²) in [6.45, 7) is 6.08. The lowest BCUT2D eigenvalue weighted by Crippen LogP contribution is -2.30. The van der Waals surface area contributed by atoms with E-state index in [9.17, 15) is 0 Å². The van der Waals surface area contributed by atoms with Crippen molar-refractivity contribution in [2.45, 2.75) is 33.2 Å². The Bertz CT molecular complexity index is 543. The van der Waals surface area contributed by atoms with Crippen LogP contribution in [-0.4, -0.2) is 14.8 Å². The van der Waals surface area contributed by atoms with E-state index in [0.29, 0.717) is 0 Å². The molecule has 0 aromatic carbocycles. The molecule has 0 aliphatic heterocycles. The van der Waals surface area contributed by atoms with E-state index in [0.717, 1.165) is 28.5 Å². The number of hydrogen-bond donors (Lipinski definition) is 2. The fraction of sp³-hybridized carbons (Fsp3) is 0.500. The molecule has 2 heterocycles. The average Bonchev–Trinajstić information content (AvgIpc) is 2.82. The molecule has 0 aliphatic carbocycles. The van der Waals surface area contributed by atoms with Crippen LogP contribution in [-0.2, 0) is 13.5 Å². The van der Waals surface area contributed by atoms with E-state index >= 15 is 0 Å². The molecule has 0 aliphatic rings. The topological polar surface area (TPSA) is 68.8 Å². The van der Waals surface area contributed by atoms with E-state index in [1.54, 1.807) is 11.3 Å². The van der Waals surface area contributed by atoms with Gasteiger partial charge in [-0.2, -0.15) is 5.10 Å². The van der Waals surface area contributed by atoms with Gasteiger partial charge in [-0.25, -0.2) is 4.98 Å². The van der Waals surface area contributed by atoms with Crippen LogP contribution in [0.25, 0.3) is 0 Å². The van der Waals surface area contributed by atoms with Gasteiger partial charge in [-0.05, 0) is 20.8 Å². The summed E-state index contributed by atoms with van der Waals surface area (Å²) in [5.41, 5.74) is 7.28. The molecule has 1 atom stereocenters. The molecule has 98 valence electrons. The van der Waals surface area contributed by atoms with Crippen molar-refractivity contribution in [3.8, 4) is 0 Å². The molecular formula is C12H19N5S. The van der Waals surface area contributed by atoms with Crippen molar-refractivity contribution in [1.82, 2.24) is 20.2 Å². The van der Waals surface area contributed by atoms with E-state index < -0.39 is 0 Å². The normalized spacial score (nSPS) is 12.9. The third kappa shape index (κ3) is 2.45. The largest absolute Gasteiger partial charge is 0.272 e. The Morgan fingerprint density at radius 3 is 2.61 bits per heavy atom. The second kappa shape index (κ2) is 5.17. The van der Waals surface area contributed by atoms with Crippen LogP contribution in [0.1, 0.15) is 33.7 Å². The van der Waals surface area contributed by atoms with Crippen LogP contribution in [0.5, 0.6) is 0 Å². The van der Waals surface area contributed by atoms with Gasteiger partial charge in [-0.1, -0.05) is 0 Å². The van der Waals surface area contributed by atoms with E-state index in [1.165, 1.54) is 5.56 Å². The van der Waals surface area contributed by atoms with Gasteiger partial charge in [-0.3, -0.25) is 16.0 Å². The van der Waals surface area contributed by atoms with Crippen molar-refractivity contribution >= 4 is 11.3 Å². The van der Waals surface area contributed by atoms with Gasteiger partial charge in [0.1, 0.15) is 0 Å². The first-order valence-electron chi connectivity index (χ1n) is 5.90. The number of rotatable bonds is 4. The molecule has 18 heavy (non-hydrogen) atoms. The first-order chi connectivity index (χ1) is 8.52. The van der Waals surface area contributed by atoms with Crippen molar-refractivity contribution in [3.63, 3.8) is 0 Å². The zero-order chi connectivity index (χ0) is 13.3. The molecule has 6 heteroatoms. The first-order valence-corrected chi connectivity index (χ1v) is 6.78. The quantitative estimate of drug-likeness (QED) is 0.650. The first kappa shape index (κ1) is 13.2. The van der Waals surface area contributed by atoms with Gasteiger partial charge < -0.3 is 0 Å². The molecule has 0 bridgehead atoms. The molecule has 0 radical (unpaired) electrons. The maximum Gasteiger partial charge on any atom is 0.0947 e. The molecule has 0 fully saturated rings. The van der Waals surface area contributed by atoms with E-state index in [-0.39, 0.29) is 6.04 Å². The van der Waals surface area contributed by atoms with Crippen LogP contribution in [0.3, 0.4) is 0 Å². The summed E-state index contributed by atoms with van der Waals surface area (Å²) in [7, 11) is 1.95. The molecule has 5 nitrogen and oxygen atoms in total. The van der Waals surface area contributed by atoms with Crippen molar-refractivity contribution in [2.24, 2.45) is 12.9 Å².